The topological polar surface area (TPSA) is 69.7 Å². The van der Waals surface area contributed by atoms with Crippen LogP contribution in [-0.2, 0) is 4.79 Å². The molecule has 0 radical (unpaired) electrons. The SMILES string of the molecule is COc1ccc(-c2csc(NC(=O)CCOc3cc(C)ccc3C)n2)cc1OC. The lowest BCUT2D eigenvalue weighted by Gasteiger charge is -2.09. The number of nitrogens with zero attached hydrogens (tertiary/aromatic N) is 1. The molecule has 3 aromatic rings. The van der Waals surface area contributed by atoms with Crippen molar-refractivity contribution in [3.8, 4) is 28.5 Å². The Hall–Kier alpha value is -3.06. The summed E-state index contributed by atoms with van der Waals surface area (Å²) in [7, 11) is 3.19. The minimum atomic E-state index is -0.136. The van der Waals surface area contributed by atoms with E-state index in [0.29, 0.717) is 23.2 Å². The molecule has 29 heavy (non-hydrogen) atoms. The molecule has 0 unspecified atom stereocenters. The number of aromatic nitrogens is 1. The van der Waals surface area contributed by atoms with Crippen LogP contribution in [0.3, 0.4) is 0 Å². The van der Waals surface area contributed by atoms with Gasteiger partial charge in [0.1, 0.15) is 5.75 Å². The van der Waals surface area contributed by atoms with Gasteiger partial charge < -0.3 is 19.5 Å². The molecule has 152 valence electrons. The van der Waals surface area contributed by atoms with Crippen LogP contribution in [0, 0.1) is 13.8 Å². The molecular weight excluding hydrogens is 388 g/mol. The van der Waals surface area contributed by atoms with Gasteiger partial charge in [0.05, 0.1) is 32.9 Å². The molecule has 0 saturated heterocycles. The van der Waals surface area contributed by atoms with E-state index in [1.165, 1.54) is 11.3 Å². The smallest absolute Gasteiger partial charge is 0.229 e. The molecule has 0 aliphatic carbocycles. The summed E-state index contributed by atoms with van der Waals surface area (Å²) in [5.41, 5.74) is 3.83. The van der Waals surface area contributed by atoms with Crippen molar-refractivity contribution in [1.29, 1.82) is 0 Å². The molecule has 0 bridgehead atoms. The summed E-state index contributed by atoms with van der Waals surface area (Å²) < 4.78 is 16.3. The predicted octanol–water partition coefficient (Wildman–Crippen LogP) is 4.85. The van der Waals surface area contributed by atoms with Crippen molar-refractivity contribution in [3.05, 3.63) is 52.9 Å². The van der Waals surface area contributed by atoms with Crippen LogP contribution in [0.4, 0.5) is 5.13 Å². The molecule has 2 aromatic carbocycles. The Balaban J connectivity index is 1.57. The lowest BCUT2D eigenvalue weighted by Crippen LogP contribution is -2.15. The molecule has 0 fully saturated rings. The number of amides is 1. The maximum atomic E-state index is 12.2. The van der Waals surface area contributed by atoms with E-state index in [4.69, 9.17) is 14.2 Å². The quantitative estimate of drug-likeness (QED) is 0.573. The zero-order chi connectivity index (χ0) is 20.8. The minimum Gasteiger partial charge on any atom is -0.493 e. The summed E-state index contributed by atoms with van der Waals surface area (Å²) >= 11 is 1.37. The maximum absolute atomic E-state index is 12.2. The molecule has 0 saturated carbocycles. The van der Waals surface area contributed by atoms with E-state index in [1.54, 1.807) is 14.2 Å². The van der Waals surface area contributed by atoms with E-state index in [0.717, 1.165) is 28.1 Å². The summed E-state index contributed by atoms with van der Waals surface area (Å²) in [6.07, 6.45) is 0.249. The molecule has 0 atom stereocenters. The molecule has 0 spiro atoms. The van der Waals surface area contributed by atoms with Gasteiger partial charge in [0.2, 0.25) is 5.91 Å². The van der Waals surface area contributed by atoms with Gasteiger partial charge in [-0.05, 0) is 49.2 Å². The fourth-order valence-corrected chi connectivity index (χ4v) is 3.49. The molecular formula is C22H24N2O4S. The number of nitrogens with one attached hydrogen (secondary N) is 1. The van der Waals surface area contributed by atoms with Gasteiger partial charge in [-0.25, -0.2) is 4.98 Å². The standard InChI is InChI=1S/C22H24N2O4S/c1-14-5-6-15(2)19(11-14)28-10-9-21(25)24-22-23-17(13-29-22)16-7-8-18(26-3)20(12-16)27-4/h5-8,11-13H,9-10H2,1-4H3,(H,23,24,25). The number of ether oxygens (including phenoxy) is 3. The average molecular weight is 413 g/mol. The monoisotopic (exact) mass is 412 g/mol. The number of hydrogen-bond acceptors (Lipinski definition) is 6. The zero-order valence-electron chi connectivity index (χ0n) is 16.9. The molecule has 3 rings (SSSR count). The van der Waals surface area contributed by atoms with Crippen LogP contribution in [0.1, 0.15) is 17.5 Å². The Morgan fingerprint density at radius 3 is 2.59 bits per heavy atom. The Labute approximate surface area is 174 Å². The second kappa shape index (κ2) is 9.43. The molecule has 1 heterocycles. The summed E-state index contributed by atoms with van der Waals surface area (Å²) in [5, 5.41) is 5.27. The van der Waals surface area contributed by atoms with Crippen LogP contribution in [0.25, 0.3) is 11.3 Å². The van der Waals surface area contributed by atoms with E-state index in [9.17, 15) is 4.79 Å². The van der Waals surface area contributed by atoms with Crippen molar-refractivity contribution in [2.24, 2.45) is 0 Å². The Bertz CT molecular complexity index is 1000. The van der Waals surface area contributed by atoms with E-state index >= 15 is 0 Å². The number of methoxy groups -OCH3 is 2. The van der Waals surface area contributed by atoms with Crippen LogP contribution in [0.5, 0.6) is 17.2 Å². The largest absolute Gasteiger partial charge is 0.493 e. The Morgan fingerprint density at radius 1 is 1.03 bits per heavy atom. The van der Waals surface area contributed by atoms with Gasteiger partial charge in [-0.3, -0.25) is 4.79 Å². The molecule has 1 aromatic heterocycles. The van der Waals surface area contributed by atoms with Gasteiger partial charge in [0, 0.05) is 10.9 Å². The number of hydrogen-bond donors (Lipinski definition) is 1. The number of anilines is 1. The highest BCUT2D eigenvalue weighted by Crippen LogP contribution is 2.33. The zero-order valence-corrected chi connectivity index (χ0v) is 17.8. The highest BCUT2D eigenvalue weighted by molar-refractivity contribution is 7.14. The van der Waals surface area contributed by atoms with Crippen molar-refractivity contribution < 1.29 is 19.0 Å². The van der Waals surface area contributed by atoms with Gasteiger partial charge in [-0.1, -0.05) is 12.1 Å². The first kappa shape index (κ1) is 20.7. The van der Waals surface area contributed by atoms with Crippen molar-refractivity contribution in [3.63, 3.8) is 0 Å². The average Bonchev–Trinajstić information content (AvgIpc) is 3.18. The highest BCUT2D eigenvalue weighted by Gasteiger charge is 2.11. The third-order valence-corrected chi connectivity index (χ3v) is 5.12. The van der Waals surface area contributed by atoms with Gasteiger partial charge in [-0.15, -0.1) is 11.3 Å². The molecule has 1 N–H and O–H groups in total. The van der Waals surface area contributed by atoms with Crippen LogP contribution in [0.2, 0.25) is 0 Å². The van der Waals surface area contributed by atoms with E-state index in [2.05, 4.69) is 10.3 Å². The van der Waals surface area contributed by atoms with Crippen molar-refractivity contribution in [2.75, 3.05) is 26.1 Å². The second-order valence-corrected chi connectivity index (χ2v) is 7.38. The fourth-order valence-electron chi connectivity index (χ4n) is 2.76. The minimum absolute atomic E-state index is 0.136. The summed E-state index contributed by atoms with van der Waals surface area (Å²) in [6.45, 7) is 4.31. The lowest BCUT2D eigenvalue weighted by molar-refractivity contribution is -0.116. The summed E-state index contributed by atoms with van der Waals surface area (Å²) in [5.74, 6) is 1.96. The first-order valence-electron chi connectivity index (χ1n) is 9.18. The number of carbonyl (C=O) groups excluding carboxylic acids is 1. The molecule has 0 aliphatic heterocycles. The van der Waals surface area contributed by atoms with Crippen LogP contribution in [0.15, 0.2) is 41.8 Å². The van der Waals surface area contributed by atoms with Crippen LogP contribution >= 0.6 is 11.3 Å². The summed E-state index contributed by atoms with van der Waals surface area (Å²) in [4.78, 5) is 16.7. The predicted molar refractivity (Wildman–Crippen MR) is 115 cm³/mol. The Kier molecular flexibility index (Phi) is 6.72. The maximum Gasteiger partial charge on any atom is 0.229 e. The van der Waals surface area contributed by atoms with Gasteiger partial charge in [0.15, 0.2) is 16.6 Å². The van der Waals surface area contributed by atoms with Gasteiger partial charge in [0.25, 0.3) is 0 Å². The first-order chi connectivity index (χ1) is 14.0. The van der Waals surface area contributed by atoms with Gasteiger partial charge in [-0.2, -0.15) is 0 Å². The van der Waals surface area contributed by atoms with Crippen molar-refractivity contribution in [1.82, 2.24) is 4.98 Å². The van der Waals surface area contributed by atoms with Crippen LogP contribution < -0.4 is 19.5 Å². The number of carbonyl (C=O) groups is 1. The highest BCUT2D eigenvalue weighted by atomic mass is 32.1. The molecule has 6 nitrogen and oxygen atoms in total. The summed E-state index contributed by atoms with van der Waals surface area (Å²) in [6, 6.07) is 11.6. The number of thiazole rings is 1. The van der Waals surface area contributed by atoms with E-state index in [-0.39, 0.29) is 12.3 Å². The lowest BCUT2D eigenvalue weighted by atomic mass is 10.1. The van der Waals surface area contributed by atoms with Crippen molar-refractivity contribution in [2.45, 2.75) is 20.3 Å². The number of benzene rings is 2. The van der Waals surface area contributed by atoms with Crippen molar-refractivity contribution >= 4 is 22.4 Å². The third-order valence-electron chi connectivity index (χ3n) is 4.36. The van der Waals surface area contributed by atoms with E-state index < -0.39 is 0 Å². The van der Waals surface area contributed by atoms with Gasteiger partial charge >= 0.3 is 0 Å². The number of rotatable bonds is 8. The normalized spacial score (nSPS) is 10.5. The third kappa shape index (κ3) is 5.26. The molecule has 7 heteroatoms. The Morgan fingerprint density at radius 2 is 1.83 bits per heavy atom. The fraction of sp³-hybridized carbons (Fsp3) is 0.273. The van der Waals surface area contributed by atoms with E-state index in [1.807, 2.05) is 55.6 Å². The molecule has 0 aliphatic rings. The molecule has 1 amide bonds. The second-order valence-electron chi connectivity index (χ2n) is 6.52. The number of aryl methyl sites for hydroxylation is 2. The van der Waals surface area contributed by atoms with Crippen LogP contribution in [-0.4, -0.2) is 31.7 Å². The first-order valence-corrected chi connectivity index (χ1v) is 10.1.